The topological polar surface area (TPSA) is 25.8 Å². The lowest BCUT2D eigenvalue weighted by molar-refractivity contribution is -0.137. The van der Waals surface area contributed by atoms with Crippen LogP contribution in [-0.4, -0.2) is 9.97 Å². The molecular formula is C13H12ClF3N2. The fourth-order valence-corrected chi connectivity index (χ4v) is 2.02. The zero-order valence-electron chi connectivity index (χ0n) is 10.6. The Balaban J connectivity index is 2.80. The normalized spacial score (nSPS) is 13.0. The number of halogens is 4. The molecule has 0 aliphatic heterocycles. The second-order valence-electron chi connectivity index (χ2n) is 5.32. The monoisotopic (exact) mass is 288 g/mol. The zero-order chi connectivity index (χ0) is 14.4. The van der Waals surface area contributed by atoms with Crippen molar-refractivity contribution < 1.29 is 13.2 Å². The molecule has 0 aliphatic carbocycles. The summed E-state index contributed by atoms with van der Waals surface area (Å²) < 4.78 is 38.3. The maximum Gasteiger partial charge on any atom is 0.416 e. The maximum atomic E-state index is 12.8. The number of alkyl halides is 3. The SMILES string of the molecule is CC(C)(C)c1nc(Cl)nc2ccc(C(F)(F)F)cc12. The number of fused-ring (bicyclic) bond motifs is 1. The van der Waals surface area contributed by atoms with E-state index in [0.29, 0.717) is 16.6 Å². The van der Waals surface area contributed by atoms with Crippen molar-refractivity contribution in [3.63, 3.8) is 0 Å². The summed E-state index contributed by atoms with van der Waals surface area (Å²) in [6.07, 6.45) is -4.39. The fraction of sp³-hybridized carbons (Fsp3) is 0.385. The highest BCUT2D eigenvalue weighted by Crippen LogP contribution is 2.34. The summed E-state index contributed by atoms with van der Waals surface area (Å²) in [4.78, 5) is 8.04. The van der Waals surface area contributed by atoms with E-state index >= 15 is 0 Å². The molecule has 1 aromatic carbocycles. The molecule has 0 N–H and O–H groups in total. The maximum absolute atomic E-state index is 12.8. The van der Waals surface area contributed by atoms with Gasteiger partial charge in [-0.15, -0.1) is 0 Å². The highest BCUT2D eigenvalue weighted by Gasteiger charge is 2.31. The molecule has 0 spiro atoms. The van der Waals surface area contributed by atoms with Gasteiger partial charge in [0.05, 0.1) is 16.8 Å². The van der Waals surface area contributed by atoms with Crippen LogP contribution in [0.5, 0.6) is 0 Å². The molecule has 2 aromatic rings. The Kier molecular flexibility index (Phi) is 3.21. The third-order valence-corrected chi connectivity index (χ3v) is 2.88. The fourth-order valence-electron chi connectivity index (χ4n) is 1.85. The molecule has 0 saturated carbocycles. The van der Waals surface area contributed by atoms with Crippen molar-refractivity contribution in [3.05, 3.63) is 34.7 Å². The Hall–Kier alpha value is -1.36. The summed E-state index contributed by atoms with van der Waals surface area (Å²) in [5.41, 5.74) is -0.211. The van der Waals surface area contributed by atoms with Gasteiger partial charge in [-0.2, -0.15) is 13.2 Å². The first kappa shape index (κ1) is 14.1. The third-order valence-electron chi connectivity index (χ3n) is 2.71. The second kappa shape index (κ2) is 4.34. The Morgan fingerprint density at radius 2 is 1.68 bits per heavy atom. The molecule has 1 heterocycles. The molecule has 1 aromatic heterocycles. The Morgan fingerprint density at radius 3 is 2.21 bits per heavy atom. The molecule has 0 aliphatic rings. The standard InChI is InChI=1S/C13H12ClF3N2/c1-12(2,3)10-8-6-7(13(15,16)17)4-5-9(8)18-11(14)19-10/h4-6H,1-3H3. The predicted octanol–water partition coefficient (Wildman–Crippen LogP) is 4.60. The van der Waals surface area contributed by atoms with E-state index in [1.165, 1.54) is 6.07 Å². The van der Waals surface area contributed by atoms with Crippen molar-refractivity contribution in [2.45, 2.75) is 32.4 Å². The molecule has 6 heteroatoms. The molecule has 0 amide bonds. The van der Waals surface area contributed by atoms with Crippen LogP contribution in [0.25, 0.3) is 10.9 Å². The van der Waals surface area contributed by atoms with Crippen LogP contribution in [0, 0.1) is 0 Å². The van der Waals surface area contributed by atoms with Crippen molar-refractivity contribution in [2.24, 2.45) is 0 Å². The van der Waals surface area contributed by atoms with Gasteiger partial charge < -0.3 is 0 Å². The average Bonchev–Trinajstić information content (AvgIpc) is 2.24. The number of rotatable bonds is 0. The lowest BCUT2D eigenvalue weighted by Crippen LogP contribution is -2.15. The summed E-state index contributed by atoms with van der Waals surface area (Å²) in [6, 6.07) is 3.39. The van der Waals surface area contributed by atoms with Crippen LogP contribution >= 0.6 is 11.6 Å². The van der Waals surface area contributed by atoms with Crippen LogP contribution in [0.1, 0.15) is 32.0 Å². The summed E-state index contributed by atoms with van der Waals surface area (Å²) in [5.74, 6) is 0. The molecule has 102 valence electrons. The first-order valence-corrected chi connectivity index (χ1v) is 6.02. The van der Waals surface area contributed by atoms with E-state index in [9.17, 15) is 13.2 Å². The van der Waals surface area contributed by atoms with E-state index in [1.54, 1.807) is 0 Å². The van der Waals surface area contributed by atoms with E-state index in [2.05, 4.69) is 9.97 Å². The summed E-state index contributed by atoms with van der Waals surface area (Å²) in [6.45, 7) is 5.60. The van der Waals surface area contributed by atoms with Crippen LogP contribution in [-0.2, 0) is 11.6 Å². The minimum atomic E-state index is -4.39. The van der Waals surface area contributed by atoms with Gasteiger partial charge in [0.25, 0.3) is 0 Å². The molecule has 0 bridgehead atoms. The number of benzene rings is 1. The van der Waals surface area contributed by atoms with Gasteiger partial charge in [-0.3, -0.25) is 0 Å². The van der Waals surface area contributed by atoms with Gasteiger partial charge in [-0.25, -0.2) is 9.97 Å². The number of aromatic nitrogens is 2. The first-order chi connectivity index (χ1) is 8.59. The number of hydrogen-bond acceptors (Lipinski definition) is 2. The minimum Gasteiger partial charge on any atom is -0.222 e. The predicted molar refractivity (Wildman–Crippen MR) is 68.3 cm³/mol. The lowest BCUT2D eigenvalue weighted by atomic mass is 9.89. The van der Waals surface area contributed by atoms with Crippen molar-refractivity contribution in [1.29, 1.82) is 0 Å². The van der Waals surface area contributed by atoms with Crippen LogP contribution in [0.2, 0.25) is 5.28 Å². The molecule has 0 atom stereocenters. The van der Waals surface area contributed by atoms with Gasteiger partial charge in [0, 0.05) is 10.8 Å². The summed E-state index contributed by atoms with van der Waals surface area (Å²) in [7, 11) is 0. The van der Waals surface area contributed by atoms with Gasteiger partial charge in [0.1, 0.15) is 0 Å². The quantitative estimate of drug-likeness (QED) is 0.662. The molecule has 0 saturated heterocycles. The van der Waals surface area contributed by atoms with E-state index in [4.69, 9.17) is 11.6 Å². The molecule has 0 radical (unpaired) electrons. The number of nitrogens with zero attached hydrogens (tertiary/aromatic N) is 2. The lowest BCUT2D eigenvalue weighted by Gasteiger charge is -2.20. The van der Waals surface area contributed by atoms with Gasteiger partial charge in [-0.05, 0) is 29.8 Å². The van der Waals surface area contributed by atoms with Gasteiger partial charge in [0.2, 0.25) is 5.28 Å². The molecule has 2 nitrogen and oxygen atoms in total. The first-order valence-electron chi connectivity index (χ1n) is 5.64. The summed E-state index contributed by atoms with van der Waals surface area (Å²) in [5, 5.41) is 0.420. The average molecular weight is 289 g/mol. The van der Waals surface area contributed by atoms with Crippen LogP contribution in [0.15, 0.2) is 18.2 Å². The Bertz CT molecular complexity index is 630. The van der Waals surface area contributed by atoms with E-state index in [-0.39, 0.29) is 5.28 Å². The van der Waals surface area contributed by atoms with Gasteiger partial charge >= 0.3 is 6.18 Å². The van der Waals surface area contributed by atoms with Crippen LogP contribution < -0.4 is 0 Å². The highest BCUT2D eigenvalue weighted by atomic mass is 35.5. The molecule has 0 fully saturated rings. The zero-order valence-corrected chi connectivity index (χ0v) is 11.4. The Morgan fingerprint density at radius 1 is 1.05 bits per heavy atom. The van der Waals surface area contributed by atoms with Crippen molar-refractivity contribution in [3.8, 4) is 0 Å². The highest BCUT2D eigenvalue weighted by molar-refractivity contribution is 6.28. The van der Waals surface area contributed by atoms with Gasteiger partial charge in [0.15, 0.2) is 0 Å². The minimum absolute atomic E-state index is 0.0391. The number of hydrogen-bond donors (Lipinski definition) is 0. The molecule has 2 rings (SSSR count). The second-order valence-corrected chi connectivity index (χ2v) is 5.66. The van der Waals surface area contributed by atoms with E-state index < -0.39 is 17.2 Å². The molecular weight excluding hydrogens is 277 g/mol. The van der Waals surface area contributed by atoms with Gasteiger partial charge in [-0.1, -0.05) is 20.8 Å². The van der Waals surface area contributed by atoms with E-state index in [0.717, 1.165) is 12.1 Å². The van der Waals surface area contributed by atoms with Crippen molar-refractivity contribution >= 4 is 22.5 Å². The Labute approximate surface area is 113 Å². The van der Waals surface area contributed by atoms with Crippen LogP contribution in [0.3, 0.4) is 0 Å². The van der Waals surface area contributed by atoms with E-state index in [1.807, 2.05) is 20.8 Å². The largest absolute Gasteiger partial charge is 0.416 e. The van der Waals surface area contributed by atoms with Crippen LogP contribution in [0.4, 0.5) is 13.2 Å². The van der Waals surface area contributed by atoms with Crippen molar-refractivity contribution in [2.75, 3.05) is 0 Å². The molecule has 0 unspecified atom stereocenters. The molecule has 19 heavy (non-hydrogen) atoms. The smallest absolute Gasteiger partial charge is 0.222 e. The summed E-state index contributed by atoms with van der Waals surface area (Å²) >= 11 is 5.82. The third kappa shape index (κ3) is 2.81. The van der Waals surface area contributed by atoms with Crippen molar-refractivity contribution in [1.82, 2.24) is 9.97 Å².